The van der Waals surface area contributed by atoms with Crippen molar-refractivity contribution >= 4 is 35.1 Å². The van der Waals surface area contributed by atoms with E-state index < -0.39 is 5.97 Å². The molecule has 2 aromatic carbocycles. The Bertz CT molecular complexity index is 793. The van der Waals surface area contributed by atoms with Crippen LogP contribution in [-0.4, -0.2) is 26.1 Å². The Hall–Kier alpha value is -2.24. The zero-order valence-electron chi connectivity index (χ0n) is 13.8. The average molecular weight is 382 g/mol. The maximum Gasteiger partial charge on any atom is 0.341 e. The Balaban J connectivity index is 2.03. The first-order valence-electron chi connectivity index (χ1n) is 7.40. The van der Waals surface area contributed by atoms with Crippen LogP contribution in [0.3, 0.4) is 0 Å². The van der Waals surface area contributed by atoms with E-state index in [9.17, 15) is 9.59 Å². The number of amides is 1. The Labute approximate surface area is 155 Å². The topological polar surface area (TPSA) is 64.6 Å². The zero-order valence-corrected chi connectivity index (χ0v) is 15.3. The van der Waals surface area contributed by atoms with E-state index >= 15 is 0 Å². The zero-order chi connectivity index (χ0) is 18.4. The molecule has 0 heterocycles. The van der Waals surface area contributed by atoms with E-state index in [0.29, 0.717) is 26.9 Å². The van der Waals surface area contributed by atoms with Crippen molar-refractivity contribution in [3.63, 3.8) is 0 Å². The molecule has 0 aromatic heterocycles. The highest BCUT2D eigenvalue weighted by molar-refractivity contribution is 6.35. The third kappa shape index (κ3) is 5.11. The van der Waals surface area contributed by atoms with Crippen LogP contribution < -0.4 is 10.1 Å². The molecule has 1 amide bonds. The first kappa shape index (κ1) is 19.1. The van der Waals surface area contributed by atoms with Gasteiger partial charge >= 0.3 is 5.97 Å². The van der Waals surface area contributed by atoms with Crippen molar-refractivity contribution in [3.8, 4) is 5.75 Å². The van der Waals surface area contributed by atoms with E-state index in [2.05, 4.69) is 5.32 Å². The molecular weight excluding hydrogens is 365 g/mol. The smallest absolute Gasteiger partial charge is 0.341 e. The summed E-state index contributed by atoms with van der Waals surface area (Å²) in [5, 5.41) is 3.75. The lowest BCUT2D eigenvalue weighted by Gasteiger charge is -2.10. The molecule has 0 aliphatic rings. The van der Waals surface area contributed by atoms with Gasteiger partial charge in [0.25, 0.3) is 0 Å². The number of carbonyl (C=O) groups excluding carboxylic acids is 2. The maximum absolute atomic E-state index is 12.1. The molecule has 0 atom stereocenters. The molecule has 0 radical (unpaired) electrons. The summed E-state index contributed by atoms with van der Waals surface area (Å²) in [7, 11) is 2.77. The van der Waals surface area contributed by atoms with Gasteiger partial charge in [-0.2, -0.15) is 0 Å². The number of hydrogen-bond donors (Lipinski definition) is 1. The van der Waals surface area contributed by atoms with Crippen LogP contribution in [-0.2, 0) is 22.5 Å². The minimum Gasteiger partial charge on any atom is -0.496 e. The highest BCUT2D eigenvalue weighted by Gasteiger charge is 2.14. The first-order chi connectivity index (χ1) is 11.9. The van der Waals surface area contributed by atoms with E-state index in [1.807, 2.05) is 0 Å². The molecular formula is C18H17Cl2NO4. The molecule has 7 heteroatoms. The van der Waals surface area contributed by atoms with Crippen molar-refractivity contribution in [3.05, 3.63) is 63.1 Å². The Kier molecular flexibility index (Phi) is 6.67. The number of halogens is 2. The van der Waals surface area contributed by atoms with Gasteiger partial charge in [0.2, 0.25) is 5.91 Å². The fourth-order valence-electron chi connectivity index (χ4n) is 2.24. The first-order valence-corrected chi connectivity index (χ1v) is 8.16. The van der Waals surface area contributed by atoms with Gasteiger partial charge in [-0.15, -0.1) is 0 Å². The highest BCUT2D eigenvalue weighted by atomic mass is 35.5. The monoisotopic (exact) mass is 381 g/mol. The molecule has 5 nitrogen and oxygen atoms in total. The van der Waals surface area contributed by atoms with Crippen molar-refractivity contribution in [2.24, 2.45) is 0 Å². The minimum atomic E-state index is -0.502. The number of benzene rings is 2. The van der Waals surface area contributed by atoms with Gasteiger partial charge in [0.15, 0.2) is 0 Å². The van der Waals surface area contributed by atoms with Gasteiger partial charge in [-0.25, -0.2) is 4.79 Å². The molecule has 0 saturated carbocycles. The lowest BCUT2D eigenvalue weighted by Crippen LogP contribution is -2.24. The summed E-state index contributed by atoms with van der Waals surface area (Å²) in [6.07, 6.45) is 0.135. The van der Waals surface area contributed by atoms with Crippen molar-refractivity contribution in [2.45, 2.75) is 13.0 Å². The maximum atomic E-state index is 12.1. The van der Waals surface area contributed by atoms with Crippen LogP contribution in [0.4, 0.5) is 0 Å². The second kappa shape index (κ2) is 8.74. The molecule has 0 saturated heterocycles. The number of rotatable bonds is 6. The van der Waals surface area contributed by atoms with Gasteiger partial charge in [-0.3, -0.25) is 4.79 Å². The molecule has 0 bridgehead atoms. The third-order valence-corrected chi connectivity index (χ3v) is 4.11. The number of hydrogen-bond acceptors (Lipinski definition) is 4. The van der Waals surface area contributed by atoms with E-state index in [-0.39, 0.29) is 18.9 Å². The summed E-state index contributed by atoms with van der Waals surface area (Å²) in [6, 6.07) is 10.0. The van der Waals surface area contributed by atoms with Crippen LogP contribution in [0.1, 0.15) is 21.5 Å². The largest absolute Gasteiger partial charge is 0.496 e. The number of ether oxygens (including phenoxy) is 2. The minimum absolute atomic E-state index is 0.135. The number of nitrogens with one attached hydrogen (secondary N) is 1. The quantitative estimate of drug-likeness (QED) is 0.775. The lowest BCUT2D eigenvalue weighted by atomic mass is 10.1. The van der Waals surface area contributed by atoms with Crippen molar-refractivity contribution in [1.29, 1.82) is 0 Å². The fraction of sp³-hybridized carbons (Fsp3) is 0.222. The molecule has 0 aliphatic carbocycles. The average Bonchev–Trinajstić information content (AvgIpc) is 2.61. The van der Waals surface area contributed by atoms with E-state index in [4.69, 9.17) is 32.7 Å². The van der Waals surface area contributed by atoms with Gasteiger partial charge in [0, 0.05) is 16.6 Å². The van der Waals surface area contributed by atoms with Crippen LogP contribution in [0.25, 0.3) is 0 Å². The number of esters is 1. The standard InChI is InChI=1S/C18H17Cl2NO4/c1-24-16-6-3-11(7-14(16)18(23)25-2)10-21-17(22)8-12-4-5-13(19)9-15(12)20/h3-7,9H,8,10H2,1-2H3,(H,21,22). The predicted molar refractivity (Wildman–Crippen MR) is 96.3 cm³/mol. The summed E-state index contributed by atoms with van der Waals surface area (Å²) in [5.41, 5.74) is 1.74. The lowest BCUT2D eigenvalue weighted by molar-refractivity contribution is -0.120. The summed E-state index contributed by atoms with van der Waals surface area (Å²) >= 11 is 11.9. The SMILES string of the molecule is COC(=O)c1cc(CNC(=O)Cc2ccc(Cl)cc2Cl)ccc1OC. The fourth-order valence-corrected chi connectivity index (χ4v) is 2.71. The molecule has 2 rings (SSSR count). The molecule has 132 valence electrons. The Morgan fingerprint density at radius 3 is 2.48 bits per heavy atom. The van der Waals surface area contributed by atoms with Crippen LogP contribution in [0.15, 0.2) is 36.4 Å². The summed E-state index contributed by atoms with van der Waals surface area (Å²) in [6.45, 7) is 0.262. The van der Waals surface area contributed by atoms with E-state index in [1.54, 1.807) is 36.4 Å². The molecule has 0 aliphatic heterocycles. The van der Waals surface area contributed by atoms with Crippen molar-refractivity contribution in [1.82, 2.24) is 5.32 Å². The molecule has 1 N–H and O–H groups in total. The number of methoxy groups -OCH3 is 2. The van der Waals surface area contributed by atoms with Crippen molar-refractivity contribution < 1.29 is 19.1 Å². The van der Waals surface area contributed by atoms with E-state index in [0.717, 1.165) is 5.56 Å². The molecule has 0 fully saturated rings. The number of carbonyl (C=O) groups is 2. The van der Waals surface area contributed by atoms with Crippen LogP contribution in [0, 0.1) is 0 Å². The molecule has 0 unspecified atom stereocenters. The second-order valence-electron chi connectivity index (χ2n) is 5.22. The summed E-state index contributed by atoms with van der Waals surface area (Å²) in [4.78, 5) is 23.9. The molecule has 25 heavy (non-hydrogen) atoms. The third-order valence-electron chi connectivity index (χ3n) is 3.52. The summed E-state index contributed by atoms with van der Waals surface area (Å²) in [5.74, 6) is -0.285. The highest BCUT2D eigenvalue weighted by Crippen LogP contribution is 2.22. The second-order valence-corrected chi connectivity index (χ2v) is 6.06. The van der Waals surface area contributed by atoms with Gasteiger partial charge in [-0.1, -0.05) is 35.3 Å². The van der Waals surface area contributed by atoms with Crippen LogP contribution >= 0.6 is 23.2 Å². The summed E-state index contributed by atoms with van der Waals surface area (Å²) < 4.78 is 9.87. The molecule has 2 aromatic rings. The van der Waals surface area contributed by atoms with Gasteiger partial charge in [0.1, 0.15) is 11.3 Å². The van der Waals surface area contributed by atoms with Crippen LogP contribution in [0.2, 0.25) is 10.0 Å². The van der Waals surface area contributed by atoms with Gasteiger partial charge < -0.3 is 14.8 Å². The Morgan fingerprint density at radius 2 is 1.84 bits per heavy atom. The normalized spacial score (nSPS) is 10.2. The predicted octanol–water partition coefficient (Wildman–Crippen LogP) is 3.65. The van der Waals surface area contributed by atoms with Gasteiger partial charge in [0.05, 0.1) is 20.6 Å². The molecule has 0 spiro atoms. The van der Waals surface area contributed by atoms with E-state index in [1.165, 1.54) is 14.2 Å². The van der Waals surface area contributed by atoms with Crippen LogP contribution in [0.5, 0.6) is 5.75 Å². The Morgan fingerprint density at radius 1 is 1.08 bits per heavy atom. The van der Waals surface area contributed by atoms with Crippen molar-refractivity contribution in [2.75, 3.05) is 14.2 Å². The van der Waals surface area contributed by atoms with Gasteiger partial charge in [-0.05, 0) is 35.4 Å².